The second kappa shape index (κ2) is 7.70. The number of amides is 1. The molecule has 0 unspecified atom stereocenters. The molecule has 3 nitrogen and oxygen atoms in total. The van der Waals surface area contributed by atoms with Crippen molar-refractivity contribution in [3.8, 4) is 11.8 Å². The highest BCUT2D eigenvalue weighted by Gasteiger charge is 2.39. The van der Waals surface area contributed by atoms with Crippen LogP contribution in [0.3, 0.4) is 0 Å². The van der Waals surface area contributed by atoms with Gasteiger partial charge in [0, 0.05) is 18.2 Å². The quantitative estimate of drug-likeness (QED) is 0.780. The summed E-state index contributed by atoms with van der Waals surface area (Å²) in [7, 11) is 0. The Hall–Kier alpha value is -2.34. The number of carbonyl (C=O) groups excluding carboxylic acids is 1. The number of nitrogens with one attached hydrogen (secondary N) is 1. The minimum Gasteiger partial charge on any atom is -0.324 e. The molecule has 0 aliphatic heterocycles. The fraction of sp³-hybridized carbons (Fsp3) is 0.455. The summed E-state index contributed by atoms with van der Waals surface area (Å²) in [5.74, 6) is 6.47. The first kappa shape index (κ1) is 17.5. The number of carbonyl (C=O) groups is 1. The van der Waals surface area contributed by atoms with E-state index in [0.717, 1.165) is 54.3 Å². The van der Waals surface area contributed by atoms with Crippen LogP contribution in [0.2, 0.25) is 0 Å². The van der Waals surface area contributed by atoms with Gasteiger partial charge in [-0.1, -0.05) is 44.4 Å². The molecular formula is C22H26N2O. The molecular weight excluding hydrogens is 308 g/mol. The van der Waals surface area contributed by atoms with Crippen LogP contribution < -0.4 is 5.32 Å². The van der Waals surface area contributed by atoms with E-state index in [1.165, 1.54) is 6.42 Å². The number of aromatic nitrogens is 1. The van der Waals surface area contributed by atoms with E-state index in [-0.39, 0.29) is 11.3 Å². The number of para-hydroxylation sites is 1. The van der Waals surface area contributed by atoms with Crippen molar-refractivity contribution in [2.24, 2.45) is 5.41 Å². The van der Waals surface area contributed by atoms with E-state index in [1.54, 1.807) is 6.20 Å². The molecule has 1 N–H and O–H groups in total. The lowest BCUT2D eigenvalue weighted by Gasteiger charge is -2.34. The molecule has 0 bridgehead atoms. The molecule has 1 fully saturated rings. The molecule has 0 saturated heterocycles. The van der Waals surface area contributed by atoms with Crippen LogP contribution >= 0.6 is 0 Å². The molecule has 0 radical (unpaired) electrons. The van der Waals surface area contributed by atoms with Gasteiger partial charge in [-0.15, -0.1) is 11.8 Å². The first-order valence-electron chi connectivity index (χ1n) is 9.28. The predicted octanol–water partition coefficient (Wildman–Crippen LogP) is 5.24. The Labute approximate surface area is 150 Å². The van der Waals surface area contributed by atoms with Gasteiger partial charge in [-0.3, -0.25) is 9.78 Å². The van der Waals surface area contributed by atoms with Crippen LogP contribution in [0, 0.1) is 24.2 Å². The molecule has 1 heterocycles. The van der Waals surface area contributed by atoms with Crippen LogP contribution in [0.15, 0.2) is 30.5 Å². The minimum absolute atomic E-state index is 0.109. The van der Waals surface area contributed by atoms with E-state index < -0.39 is 0 Å². The van der Waals surface area contributed by atoms with E-state index in [4.69, 9.17) is 0 Å². The highest BCUT2D eigenvalue weighted by atomic mass is 16.2. The van der Waals surface area contributed by atoms with Crippen LogP contribution in [-0.2, 0) is 4.79 Å². The highest BCUT2D eigenvalue weighted by Crippen LogP contribution is 2.40. The summed E-state index contributed by atoms with van der Waals surface area (Å²) in [5.41, 5.74) is 2.50. The normalized spacial score (nSPS) is 16.1. The van der Waals surface area contributed by atoms with Crippen molar-refractivity contribution in [1.29, 1.82) is 0 Å². The fourth-order valence-corrected chi connectivity index (χ4v) is 3.73. The van der Waals surface area contributed by atoms with Crippen LogP contribution in [0.4, 0.5) is 5.69 Å². The van der Waals surface area contributed by atoms with Crippen molar-refractivity contribution in [2.75, 3.05) is 5.32 Å². The third kappa shape index (κ3) is 3.69. The summed E-state index contributed by atoms with van der Waals surface area (Å²) < 4.78 is 0. The molecule has 3 rings (SSSR count). The predicted molar refractivity (Wildman–Crippen MR) is 103 cm³/mol. The van der Waals surface area contributed by atoms with Gasteiger partial charge in [0.15, 0.2) is 0 Å². The maximum absolute atomic E-state index is 13.2. The van der Waals surface area contributed by atoms with E-state index in [9.17, 15) is 4.79 Å². The molecule has 1 aromatic carbocycles. The molecule has 130 valence electrons. The van der Waals surface area contributed by atoms with Gasteiger partial charge < -0.3 is 5.32 Å². The largest absolute Gasteiger partial charge is 0.324 e. The smallest absolute Gasteiger partial charge is 0.231 e. The number of hydrogen-bond acceptors (Lipinski definition) is 2. The lowest BCUT2D eigenvalue weighted by molar-refractivity contribution is -0.127. The summed E-state index contributed by atoms with van der Waals surface area (Å²) >= 11 is 0. The maximum Gasteiger partial charge on any atom is 0.231 e. The van der Waals surface area contributed by atoms with Crippen LogP contribution in [0.1, 0.15) is 57.4 Å². The Kier molecular flexibility index (Phi) is 5.38. The van der Waals surface area contributed by atoms with Crippen LogP contribution in [-0.4, -0.2) is 10.9 Å². The average molecular weight is 334 g/mol. The van der Waals surface area contributed by atoms with Gasteiger partial charge in [0.05, 0.1) is 22.8 Å². The molecule has 1 saturated carbocycles. The van der Waals surface area contributed by atoms with Crippen LogP contribution in [0.5, 0.6) is 0 Å². The Morgan fingerprint density at radius 3 is 2.72 bits per heavy atom. The SMILES string of the molecule is CCC#CCC1(C(=O)Nc2cnc3ccccc3c2C)CCCCC1. The average Bonchev–Trinajstić information content (AvgIpc) is 2.65. The van der Waals surface area contributed by atoms with Gasteiger partial charge in [-0.25, -0.2) is 0 Å². The summed E-state index contributed by atoms with van der Waals surface area (Å²) in [6.45, 7) is 4.09. The van der Waals surface area contributed by atoms with Crippen molar-refractivity contribution in [3.05, 3.63) is 36.0 Å². The van der Waals surface area contributed by atoms with E-state index in [0.29, 0.717) is 6.42 Å². The molecule has 0 atom stereocenters. The Bertz CT molecular complexity index is 823. The summed E-state index contributed by atoms with van der Waals surface area (Å²) in [4.78, 5) is 17.7. The standard InChI is InChI=1S/C22H26N2O/c1-3-4-8-13-22(14-9-5-10-15-22)21(25)24-20-16-23-19-12-7-6-11-18(19)17(20)2/h6-7,11-12,16H,3,5,9-10,13-15H2,1-2H3,(H,24,25). The van der Waals surface area contributed by atoms with Gasteiger partial charge in [-0.2, -0.15) is 0 Å². The van der Waals surface area contributed by atoms with Gasteiger partial charge in [0.1, 0.15) is 0 Å². The summed E-state index contributed by atoms with van der Waals surface area (Å²) in [6, 6.07) is 8.04. The van der Waals surface area contributed by atoms with E-state index in [1.807, 2.05) is 32.0 Å². The number of pyridine rings is 1. The van der Waals surface area contributed by atoms with Crippen molar-refractivity contribution < 1.29 is 4.79 Å². The molecule has 1 aliphatic rings. The number of aryl methyl sites for hydroxylation is 1. The molecule has 2 aromatic rings. The van der Waals surface area contributed by atoms with Gasteiger partial charge >= 0.3 is 0 Å². The third-order valence-corrected chi connectivity index (χ3v) is 5.31. The lowest BCUT2D eigenvalue weighted by Crippen LogP contribution is -2.38. The molecule has 1 aliphatic carbocycles. The van der Waals surface area contributed by atoms with Gasteiger partial charge in [0.2, 0.25) is 5.91 Å². The van der Waals surface area contributed by atoms with Crippen molar-refractivity contribution in [3.63, 3.8) is 0 Å². The molecule has 3 heteroatoms. The third-order valence-electron chi connectivity index (χ3n) is 5.31. The molecule has 1 aromatic heterocycles. The van der Waals surface area contributed by atoms with Crippen LogP contribution in [0.25, 0.3) is 10.9 Å². The number of benzene rings is 1. The fourth-order valence-electron chi connectivity index (χ4n) is 3.73. The Morgan fingerprint density at radius 1 is 1.20 bits per heavy atom. The topological polar surface area (TPSA) is 42.0 Å². The first-order valence-corrected chi connectivity index (χ1v) is 9.28. The number of anilines is 1. The molecule has 1 amide bonds. The number of fused-ring (bicyclic) bond motifs is 1. The Morgan fingerprint density at radius 2 is 1.96 bits per heavy atom. The first-order chi connectivity index (χ1) is 12.2. The van der Waals surface area contributed by atoms with E-state index in [2.05, 4.69) is 28.2 Å². The number of rotatable bonds is 3. The maximum atomic E-state index is 13.2. The number of hydrogen-bond donors (Lipinski definition) is 1. The van der Waals surface area contributed by atoms with E-state index >= 15 is 0 Å². The molecule has 25 heavy (non-hydrogen) atoms. The zero-order chi connectivity index (χ0) is 17.7. The molecule has 0 spiro atoms. The Balaban J connectivity index is 1.87. The van der Waals surface area contributed by atoms with Crippen molar-refractivity contribution >= 4 is 22.5 Å². The summed E-state index contributed by atoms with van der Waals surface area (Å²) in [5, 5.41) is 4.26. The zero-order valence-corrected chi connectivity index (χ0v) is 15.2. The number of nitrogens with zero attached hydrogens (tertiary/aromatic N) is 1. The lowest BCUT2D eigenvalue weighted by atomic mass is 9.71. The van der Waals surface area contributed by atoms with Crippen molar-refractivity contribution in [2.45, 2.75) is 58.8 Å². The van der Waals surface area contributed by atoms with Gasteiger partial charge in [-0.05, 0) is 31.4 Å². The second-order valence-electron chi connectivity index (χ2n) is 6.99. The highest BCUT2D eigenvalue weighted by molar-refractivity contribution is 5.98. The monoisotopic (exact) mass is 334 g/mol. The summed E-state index contributed by atoms with van der Waals surface area (Å²) in [6.07, 6.45) is 8.57. The van der Waals surface area contributed by atoms with Gasteiger partial charge in [0.25, 0.3) is 0 Å². The van der Waals surface area contributed by atoms with Crippen molar-refractivity contribution in [1.82, 2.24) is 4.98 Å². The second-order valence-corrected chi connectivity index (χ2v) is 6.99. The minimum atomic E-state index is -0.349. The zero-order valence-electron chi connectivity index (χ0n) is 15.2.